The summed E-state index contributed by atoms with van der Waals surface area (Å²) in [5.74, 6) is 1.42. The Morgan fingerprint density at radius 1 is 1.39 bits per heavy atom. The van der Waals surface area contributed by atoms with Gasteiger partial charge in [0, 0.05) is 21.6 Å². The van der Waals surface area contributed by atoms with Crippen molar-refractivity contribution in [3.05, 3.63) is 46.6 Å². The van der Waals surface area contributed by atoms with Crippen LogP contribution in [0.2, 0.25) is 5.02 Å². The SMILES string of the molecule is Cc1noc(C(C)S(=O)Cc2ccc(Cl)cc2)n1. The third kappa shape index (κ3) is 3.17. The fraction of sp³-hybridized carbons (Fsp3) is 0.333. The van der Waals surface area contributed by atoms with Gasteiger partial charge < -0.3 is 4.52 Å². The van der Waals surface area contributed by atoms with Gasteiger partial charge in [-0.2, -0.15) is 4.98 Å². The molecule has 18 heavy (non-hydrogen) atoms. The molecule has 1 aromatic heterocycles. The molecule has 2 unspecified atom stereocenters. The Labute approximate surface area is 113 Å². The van der Waals surface area contributed by atoms with E-state index in [9.17, 15) is 4.21 Å². The van der Waals surface area contributed by atoms with Crippen molar-refractivity contribution in [1.29, 1.82) is 0 Å². The number of halogens is 1. The minimum Gasteiger partial charge on any atom is -0.338 e. The van der Waals surface area contributed by atoms with E-state index in [0.717, 1.165) is 5.56 Å². The smallest absolute Gasteiger partial charge is 0.242 e. The van der Waals surface area contributed by atoms with Crippen molar-refractivity contribution in [3.8, 4) is 0 Å². The van der Waals surface area contributed by atoms with Gasteiger partial charge in [-0.1, -0.05) is 28.9 Å². The lowest BCUT2D eigenvalue weighted by atomic mass is 10.2. The standard InChI is InChI=1S/C12H13ClN2O2S/c1-8(12-14-9(2)15-17-12)18(16)7-10-3-5-11(13)6-4-10/h3-6,8H,7H2,1-2H3. The van der Waals surface area contributed by atoms with Gasteiger partial charge in [0.1, 0.15) is 5.25 Å². The van der Waals surface area contributed by atoms with Gasteiger partial charge in [-0.15, -0.1) is 0 Å². The molecule has 0 aliphatic rings. The molecule has 0 radical (unpaired) electrons. The lowest BCUT2D eigenvalue weighted by Gasteiger charge is -2.07. The van der Waals surface area contributed by atoms with E-state index in [0.29, 0.717) is 22.5 Å². The molecule has 0 fully saturated rings. The Hall–Kier alpha value is -1.20. The highest BCUT2D eigenvalue weighted by Gasteiger charge is 2.19. The van der Waals surface area contributed by atoms with E-state index in [1.807, 2.05) is 19.1 Å². The van der Waals surface area contributed by atoms with Gasteiger partial charge in [0.15, 0.2) is 5.82 Å². The predicted molar refractivity (Wildman–Crippen MR) is 70.7 cm³/mol. The molecule has 2 aromatic rings. The largest absolute Gasteiger partial charge is 0.338 e. The van der Waals surface area contributed by atoms with Crippen LogP contribution in [-0.4, -0.2) is 14.3 Å². The number of aromatic nitrogens is 2. The number of benzene rings is 1. The summed E-state index contributed by atoms with van der Waals surface area (Å²) in [5.41, 5.74) is 0.973. The van der Waals surface area contributed by atoms with Crippen LogP contribution in [0.25, 0.3) is 0 Å². The second kappa shape index (κ2) is 5.63. The molecule has 1 aromatic carbocycles. The predicted octanol–water partition coefficient (Wildman–Crippen LogP) is 3.04. The third-order valence-electron chi connectivity index (χ3n) is 2.51. The Morgan fingerprint density at radius 2 is 2.06 bits per heavy atom. The molecule has 0 aliphatic heterocycles. The molecular weight excluding hydrogens is 272 g/mol. The summed E-state index contributed by atoms with van der Waals surface area (Å²) >= 11 is 5.80. The van der Waals surface area contributed by atoms with Gasteiger partial charge in [-0.25, -0.2) is 0 Å². The first kappa shape index (κ1) is 13.2. The quantitative estimate of drug-likeness (QED) is 0.866. The highest BCUT2D eigenvalue weighted by Crippen LogP contribution is 2.21. The van der Waals surface area contributed by atoms with Gasteiger partial charge in [-0.05, 0) is 31.5 Å². The molecular formula is C12H13ClN2O2S. The molecule has 4 nitrogen and oxygen atoms in total. The molecule has 0 N–H and O–H groups in total. The summed E-state index contributed by atoms with van der Waals surface area (Å²) in [7, 11) is -1.10. The number of nitrogens with zero attached hydrogens (tertiary/aromatic N) is 2. The van der Waals surface area contributed by atoms with Crippen molar-refractivity contribution >= 4 is 22.4 Å². The molecule has 0 spiro atoms. The van der Waals surface area contributed by atoms with Crippen LogP contribution in [0.3, 0.4) is 0 Å². The van der Waals surface area contributed by atoms with E-state index in [1.54, 1.807) is 19.1 Å². The van der Waals surface area contributed by atoms with E-state index in [2.05, 4.69) is 10.1 Å². The van der Waals surface area contributed by atoms with Crippen LogP contribution in [0.4, 0.5) is 0 Å². The van der Waals surface area contributed by atoms with Crippen molar-refractivity contribution in [2.24, 2.45) is 0 Å². The molecule has 96 valence electrons. The number of hydrogen-bond donors (Lipinski definition) is 0. The molecule has 0 aliphatic carbocycles. The van der Waals surface area contributed by atoms with Crippen molar-refractivity contribution in [3.63, 3.8) is 0 Å². The first-order chi connectivity index (χ1) is 8.56. The molecule has 0 saturated heterocycles. The van der Waals surface area contributed by atoms with Gasteiger partial charge in [-0.3, -0.25) is 4.21 Å². The van der Waals surface area contributed by atoms with Gasteiger partial charge >= 0.3 is 0 Å². The minimum absolute atomic E-state index is 0.276. The van der Waals surface area contributed by atoms with Crippen LogP contribution < -0.4 is 0 Å². The van der Waals surface area contributed by atoms with Crippen LogP contribution in [0.1, 0.15) is 29.5 Å². The highest BCUT2D eigenvalue weighted by atomic mass is 35.5. The van der Waals surface area contributed by atoms with Crippen molar-refractivity contribution in [2.75, 3.05) is 0 Å². The fourth-order valence-corrected chi connectivity index (χ4v) is 2.68. The number of hydrogen-bond acceptors (Lipinski definition) is 4. The molecule has 2 rings (SSSR count). The van der Waals surface area contributed by atoms with Gasteiger partial charge in [0.2, 0.25) is 5.89 Å². The Morgan fingerprint density at radius 3 is 2.61 bits per heavy atom. The summed E-state index contributed by atoms with van der Waals surface area (Å²) in [5, 5.41) is 4.10. The van der Waals surface area contributed by atoms with Crippen LogP contribution in [-0.2, 0) is 16.6 Å². The van der Waals surface area contributed by atoms with E-state index in [1.165, 1.54) is 0 Å². The minimum atomic E-state index is -1.10. The second-order valence-electron chi connectivity index (χ2n) is 3.97. The van der Waals surface area contributed by atoms with Crippen LogP contribution in [0, 0.1) is 6.92 Å². The zero-order valence-corrected chi connectivity index (χ0v) is 11.7. The lowest BCUT2D eigenvalue weighted by molar-refractivity contribution is 0.375. The van der Waals surface area contributed by atoms with Gasteiger partial charge in [0.25, 0.3) is 0 Å². The highest BCUT2D eigenvalue weighted by molar-refractivity contribution is 7.84. The molecule has 1 heterocycles. The number of rotatable bonds is 4. The summed E-state index contributed by atoms with van der Waals surface area (Å²) in [6.45, 7) is 3.56. The van der Waals surface area contributed by atoms with E-state index in [-0.39, 0.29) is 5.25 Å². The Kier molecular flexibility index (Phi) is 4.14. The maximum absolute atomic E-state index is 12.2. The second-order valence-corrected chi connectivity index (χ2v) is 6.17. The van der Waals surface area contributed by atoms with Crippen molar-refractivity contribution in [2.45, 2.75) is 24.9 Å². The lowest BCUT2D eigenvalue weighted by Crippen LogP contribution is -2.05. The van der Waals surface area contributed by atoms with Crippen molar-refractivity contribution in [1.82, 2.24) is 10.1 Å². The topological polar surface area (TPSA) is 56.0 Å². The number of aryl methyl sites for hydroxylation is 1. The van der Waals surface area contributed by atoms with E-state index >= 15 is 0 Å². The molecule has 0 amide bonds. The van der Waals surface area contributed by atoms with E-state index in [4.69, 9.17) is 16.1 Å². The zero-order valence-electron chi connectivity index (χ0n) is 10.1. The first-order valence-corrected chi connectivity index (χ1v) is 7.24. The third-order valence-corrected chi connectivity index (χ3v) is 4.37. The molecule has 6 heteroatoms. The van der Waals surface area contributed by atoms with Crippen LogP contribution >= 0.6 is 11.6 Å². The molecule has 2 atom stereocenters. The average Bonchev–Trinajstić information content (AvgIpc) is 2.78. The summed E-state index contributed by atoms with van der Waals surface area (Å²) in [4.78, 5) is 4.10. The molecule has 0 saturated carbocycles. The van der Waals surface area contributed by atoms with Crippen molar-refractivity contribution < 1.29 is 8.73 Å². The maximum Gasteiger partial charge on any atom is 0.242 e. The monoisotopic (exact) mass is 284 g/mol. The van der Waals surface area contributed by atoms with Gasteiger partial charge in [0.05, 0.1) is 0 Å². The average molecular weight is 285 g/mol. The van der Waals surface area contributed by atoms with Crippen LogP contribution in [0.5, 0.6) is 0 Å². The normalized spacial score (nSPS) is 14.4. The Balaban J connectivity index is 2.05. The van der Waals surface area contributed by atoms with Crippen LogP contribution in [0.15, 0.2) is 28.8 Å². The summed E-state index contributed by atoms with van der Waals surface area (Å²) in [6, 6.07) is 7.31. The summed E-state index contributed by atoms with van der Waals surface area (Å²) in [6.07, 6.45) is 0. The molecule has 0 bridgehead atoms. The zero-order chi connectivity index (χ0) is 13.1. The first-order valence-electron chi connectivity index (χ1n) is 5.48. The fourth-order valence-electron chi connectivity index (χ4n) is 1.46. The van der Waals surface area contributed by atoms with E-state index < -0.39 is 10.8 Å². The Bertz CT molecular complexity index is 553. The maximum atomic E-state index is 12.2. The summed E-state index contributed by atoms with van der Waals surface area (Å²) < 4.78 is 17.2.